The fourth-order valence-corrected chi connectivity index (χ4v) is 1.97. The lowest BCUT2D eigenvalue weighted by Crippen LogP contribution is -2.21. The second-order valence-corrected chi connectivity index (χ2v) is 4.55. The van der Waals surface area contributed by atoms with Crippen LogP contribution in [-0.2, 0) is 11.1 Å². The van der Waals surface area contributed by atoms with E-state index in [4.69, 9.17) is 10.3 Å². The zero-order valence-electron chi connectivity index (χ0n) is 8.75. The van der Waals surface area contributed by atoms with E-state index < -0.39 is 11.1 Å². The summed E-state index contributed by atoms with van der Waals surface area (Å²) in [7, 11) is 0. The van der Waals surface area contributed by atoms with Gasteiger partial charge in [-0.1, -0.05) is 13.8 Å². The molecular formula is C9H15N3O2S. The van der Waals surface area contributed by atoms with Gasteiger partial charge in [-0.2, -0.15) is 0 Å². The van der Waals surface area contributed by atoms with Gasteiger partial charge in [-0.05, 0) is 5.92 Å². The molecule has 6 heteroatoms. The summed E-state index contributed by atoms with van der Waals surface area (Å²) in [5.74, 6) is 0.256. The summed E-state index contributed by atoms with van der Waals surface area (Å²) in [6.07, 6.45) is 2.74. The Morgan fingerprint density at radius 1 is 1.60 bits per heavy atom. The Balaban J connectivity index is 3.16. The van der Waals surface area contributed by atoms with Gasteiger partial charge < -0.3 is 10.3 Å². The quantitative estimate of drug-likeness (QED) is 0.744. The molecule has 0 saturated heterocycles. The van der Waals surface area contributed by atoms with E-state index in [2.05, 4.69) is 9.97 Å². The number of nitrogens with two attached hydrogens (primary N) is 1. The van der Waals surface area contributed by atoms with Crippen molar-refractivity contribution in [2.75, 3.05) is 6.54 Å². The van der Waals surface area contributed by atoms with Gasteiger partial charge in [0.25, 0.3) is 0 Å². The maximum atomic E-state index is 11.1. The fraction of sp³-hybridized carbons (Fsp3) is 0.556. The lowest BCUT2D eigenvalue weighted by molar-refractivity contribution is 0.482. The lowest BCUT2D eigenvalue weighted by Gasteiger charge is -2.19. The zero-order chi connectivity index (χ0) is 11.4. The summed E-state index contributed by atoms with van der Waals surface area (Å²) >= 11 is -2.06. The minimum absolute atomic E-state index is 0.0147. The van der Waals surface area contributed by atoms with Crippen LogP contribution in [0.4, 0.5) is 0 Å². The minimum atomic E-state index is -2.06. The summed E-state index contributed by atoms with van der Waals surface area (Å²) in [5, 5.41) is 0. The van der Waals surface area contributed by atoms with Crippen LogP contribution in [0.3, 0.4) is 0 Å². The number of hydrogen-bond donors (Lipinski definition) is 2. The van der Waals surface area contributed by atoms with Crippen LogP contribution in [0.2, 0.25) is 0 Å². The van der Waals surface area contributed by atoms with Crippen molar-refractivity contribution in [2.24, 2.45) is 11.7 Å². The maximum absolute atomic E-state index is 11.1. The number of aromatic nitrogens is 2. The van der Waals surface area contributed by atoms with Gasteiger partial charge in [0.15, 0.2) is 11.1 Å². The Hall–Kier alpha value is -0.850. The van der Waals surface area contributed by atoms with Crippen LogP contribution in [0.1, 0.15) is 25.5 Å². The number of hydrogen-bond acceptors (Lipinski definition) is 4. The van der Waals surface area contributed by atoms with Crippen molar-refractivity contribution in [2.45, 2.75) is 24.7 Å². The van der Waals surface area contributed by atoms with Crippen LogP contribution in [0.25, 0.3) is 0 Å². The van der Waals surface area contributed by atoms with E-state index in [9.17, 15) is 4.21 Å². The molecule has 0 spiro atoms. The molecule has 15 heavy (non-hydrogen) atoms. The molecule has 1 heterocycles. The van der Waals surface area contributed by atoms with Crippen LogP contribution in [0.5, 0.6) is 0 Å². The van der Waals surface area contributed by atoms with E-state index in [1.54, 1.807) is 0 Å². The van der Waals surface area contributed by atoms with Crippen molar-refractivity contribution in [1.29, 1.82) is 0 Å². The summed E-state index contributed by atoms with van der Waals surface area (Å²) in [6, 6.07) is 0. The largest absolute Gasteiger partial charge is 0.330 e. The average Bonchev–Trinajstić information content (AvgIpc) is 2.18. The molecule has 1 rings (SSSR count). The van der Waals surface area contributed by atoms with E-state index in [0.29, 0.717) is 12.2 Å². The van der Waals surface area contributed by atoms with Crippen molar-refractivity contribution in [3.63, 3.8) is 0 Å². The molecule has 2 atom stereocenters. The Labute approximate surface area is 91.4 Å². The van der Waals surface area contributed by atoms with Gasteiger partial charge in [0, 0.05) is 18.7 Å². The third kappa shape index (κ3) is 2.80. The zero-order valence-corrected chi connectivity index (χ0v) is 9.57. The Morgan fingerprint density at radius 2 is 2.27 bits per heavy atom. The number of nitrogens with zero attached hydrogens (tertiary/aromatic N) is 2. The topological polar surface area (TPSA) is 89.1 Å². The first-order chi connectivity index (χ1) is 7.07. The third-order valence-electron chi connectivity index (χ3n) is 2.31. The molecule has 84 valence electrons. The third-order valence-corrected chi connectivity index (χ3v) is 3.00. The highest BCUT2D eigenvalue weighted by Gasteiger charge is 2.21. The molecule has 2 unspecified atom stereocenters. The van der Waals surface area contributed by atoms with Crippen LogP contribution < -0.4 is 5.73 Å². The molecule has 5 nitrogen and oxygen atoms in total. The molecule has 0 amide bonds. The van der Waals surface area contributed by atoms with E-state index in [-0.39, 0.29) is 16.7 Å². The minimum Gasteiger partial charge on any atom is -0.330 e. The summed E-state index contributed by atoms with van der Waals surface area (Å²) < 4.78 is 20.1. The Bertz CT molecular complexity index is 357. The van der Waals surface area contributed by atoms with Crippen LogP contribution >= 0.6 is 0 Å². The van der Waals surface area contributed by atoms with E-state index in [1.165, 1.54) is 12.5 Å². The Kier molecular flexibility index (Phi) is 4.31. The summed E-state index contributed by atoms with van der Waals surface area (Å²) in [4.78, 5) is 8.04. The van der Waals surface area contributed by atoms with Crippen molar-refractivity contribution in [1.82, 2.24) is 9.97 Å². The molecule has 0 aliphatic rings. The first-order valence-electron chi connectivity index (χ1n) is 4.68. The number of rotatable bonds is 4. The smallest absolute Gasteiger partial charge is 0.189 e. The first-order valence-corrected chi connectivity index (χ1v) is 5.79. The van der Waals surface area contributed by atoms with Gasteiger partial charge in [-0.15, -0.1) is 0 Å². The molecule has 0 aromatic carbocycles. The highest BCUT2D eigenvalue weighted by molar-refractivity contribution is 7.79. The van der Waals surface area contributed by atoms with Crippen molar-refractivity contribution in [3.05, 3.63) is 18.2 Å². The standard InChI is InChI=1S/C9H15N3O2S/c1-6(2)7(3-10)9-8(15(13)14)4-11-5-12-9/h4-7H,3,10H2,1-2H3,(H,13,14). The van der Waals surface area contributed by atoms with E-state index >= 15 is 0 Å². The van der Waals surface area contributed by atoms with Crippen LogP contribution in [0, 0.1) is 5.92 Å². The molecule has 0 radical (unpaired) electrons. The monoisotopic (exact) mass is 229 g/mol. The molecule has 0 saturated carbocycles. The molecular weight excluding hydrogens is 214 g/mol. The maximum Gasteiger partial charge on any atom is 0.189 e. The van der Waals surface area contributed by atoms with Crippen molar-refractivity contribution >= 4 is 11.1 Å². The van der Waals surface area contributed by atoms with Gasteiger partial charge in [0.2, 0.25) is 0 Å². The highest BCUT2D eigenvalue weighted by Crippen LogP contribution is 2.25. The average molecular weight is 229 g/mol. The lowest BCUT2D eigenvalue weighted by atomic mass is 9.92. The molecule has 1 aromatic rings. The fourth-order valence-electron chi connectivity index (χ4n) is 1.44. The predicted molar refractivity (Wildman–Crippen MR) is 57.7 cm³/mol. The van der Waals surface area contributed by atoms with E-state index in [0.717, 1.165) is 0 Å². The predicted octanol–water partition coefficient (Wildman–Crippen LogP) is 0.756. The van der Waals surface area contributed by atoms with Crippen molar-refractivity contribution in [3.8, 4) is 0 Å². The molecule has 0 aliphatic carbocycles. The van der Waals surface area contributed by atoms with Crippen LogP contribution in [0.15, 0.2) is 17.4 Å². The Morgan fingerprint density at radius 3 is 2.73 bits per heavy atom. The normalized spacial score (nSPS) is 15.3. The first kappa shape index (κ1) is 12.2. The van der Waals surface area contributed by atoms with Gasteiger partial charge >= 0.3 is 0 Å². The second kappa shape index (κ2) is 5.29. The molecule has 0 fully saturated rings. The molecule has 1 aromatic heterocycles. The van der Waals surface area contributed by atoms with Crippen molar-refractivity contribution < 1.29 is 8.76 Å². The molecule has 0 aliphatic heterocycles. The SMILES string of the molecule is CC(C)C(CN)c1ncncc1S(=O)O. The van der Waals surface area contributed by atoms with Crippen LogP contribution in [-0.4, -0.2) is 25.3 Å². The van der Waals surface area contributed by atoms with Gasteiger partial charge in [-0.25, -0.2) is 14.2 Å². The summed E-state index contributed by atoms with van der Waals surface area (Å²) in [5.41, 5.74) is 6.21. The van der Waals surface area contributed by atoms with E-state index in [1.807, 2.05) is 13.8 Å². The van der Waals surface area contributed by atoms with Gasteiger partial charge in [0.05, 0.1) is 5.69 Å². The van der Waals surface area contributed by atoms with Gasteiger partial charge in [0.1, 0.15) is 11.2 Å². The molecule has 0 bridgehead atoms. The second-order valence-electron chi connectivity index (χ2n) is 3.61. The highest BCUT2D eigenvalue weighted by atomic mass is 32.2. The van der Waals surface area contributed by atoms with Gasteiger partial charge in [-0.3, -0.25) is 0 Å². The molecule has 3 N–H and O–H groups in total. The summed E-state index contributed by atoms with van der Waals surface area (Å²) in [6.45, 7) is 4.41.